The van der Waals surface area contributed by atoms with Crippen LogP contribution in [0.3, 0.4) is 0 Å². The van der Waals surface area contributed by atoms with E-state index < -0.39 is 16.1 Å². The van der Waals surface area contributed by atoms with E-state index in [0.717, 1.165) is 5.56 Å². The number of aryl methyl sites for hydroxylation is 1. The molecule has 1 aromatic carbocycles. The molecule has 0 spiro atoms. The van der Waals surface area contributed by atoms with Gasteiger partial charge in [0.15, 0.2) is 0 Å². The number of rotatable bonds is 3. The van der Waals surface area contributed by atoms with Gasteiger partial charge in [-0.15, -0.1) is 0 Å². The van der Waals surface area contributed by atoms with Crippen LogP contribution in [0.4, 0.5) is 5.69 Å². The molecule has 0 saturated heterocycles. The van der Waals surface area contributed by atoms with Crippen LogP contribution < -0.4 is 16.2 Å². The lowest BCUT2D eigenvalue weighted by Gasteiger charge is -2.11. The number of amides is 1. The Labute approximate surface area is 100 Å². The van der Waals surface area contributed by atoms with Crippen LogP contribution in [0.15, 0.2) is 23.1 Å². The minimum absolute atomic E-state index is 0.0527. The van der Waals surface area contributed by atoms with E-state index in [1.165, 1.54) is 19.1 Å². The van der Waals surface area contributed by atoms with Crippen LogP contribution in [0.5, 0.6) is 0 Å². The van der Waals surface area contributed by atoms with Gasteiger partial charge in [-0.25, -0.2) is 13.6 Å². The molecule has 1 aromatic rings. The second-order valence-corrected chi connectivity index (χ2v) is 5.36. The van der Waals surface area contributed by atoms with E-state index in [0.29, 0.717) is 5.69 Å². The second-order valence-electron chi connectivity index (χ2n) is 3.80. The SMILES string of the molecule is Cc1ccc(S(N)(=O)=O)cc1NC(=O)C(C)N. The molecule has 1 rings (SSSR count). The predicted molar refractivity (Wildman–Crippen MR) is 64.8 cm³/mol. The summed E-state index contributed by atoms with van der Waals surface area (Å²) < 4.78 is 22.3. The minimum Gasteiger partial charge on any atom is -0.324 e. The second kappa shape index (κ2) is 4.82. The van der Waals surface area contributed by atoms with Crippen molar-refractivity contribution >= 4 is 21.6 Å². The van der Waals surface area contributed by atoms with Crippen molar-refractivity contribution in [3.63, 3.8) is 0 Å². The van der Waals surface area contributed by atoms with Gasteiger partial charge in [0, 0.05) is 5.69 Å². The summed E-state index contributed by atoms with van der Waals surface area (Å²) in [5.41, 5.74) is 6.52. The van der Waals surface area contributed by atoms with Crippen molar-refractivity contribution < 1.29 is 13.2 Å². The standard InChI is InChI=1S/C10H15N3O3S/c1-6-3-4-8(17(12,15)16)5-9(6)13-10(14)7(2)11/h3-5,7H,11H2,1-2H3,(H,13,14)(H2,12,15,16). The number of nitrogens with two attached hydrogens (primary N) is 2. The molecule has 94 valence electrons. The summed E-state index contributed by atoms with van der Waals surface area (Å²) in [6.07, 6.45) is 0. The molecular formula is C10H15N3O3S. The first kappa shape index (κ1) is 13.6. The molecule has 7 heteroatoms. The number of carbonyl (C=O) groups excluding carboxylic acids is 1. The number of primary sulfonamides is 1. The fourth-order valence-electron chi connectivity index (χ4n) is 1.16. The number of nitrogens with one attached hydrogen (secondary N) is 1. The van der Waals surface area contributed by atoms with E-state index in [-0.39, 0.29) is 10.8 Å². The van der Waals surface area contributed by atoms with Crippen LogP contribution in [-0.4, -0.2) is 20.4 Å². The summed E-state index contributed by atoms with van der Waals surface area (Å²) in [7, 11) is -3.78. The highest BCUT2D eigenvalue weighted by molar-refractivity contribution is 7.89. The molecule has 1 amide bonds. The topological polar surface area (TPSA) is 115 Å². The summed E-state index contributed by atoms with van der Waals surface area (Å²) in [6.45, 7) is 3.28. The Morgan fingerprint density at radius 1 is 1.41 bits per heavy atom. The van der Waals surface area contributed by atoms with E-state index in [1.54, 1.807) is 13.0 Å². The first-order valence-corrected chi connectivity index (χ1v) is 6.46. The van der Waals surface area contributed by atoms with Gasteiger partial charge in [-0.3, -0.25) is 4.79 Å². The Kier molecular flexibility index (Phi) is 3.87. The van der Waals surface area contributed by atoms with Crippen molar-refractivity contribution in [1.82, 2.24) is 0 Å². The molecule has 0 heterocycles. The largest absolute Gasteiger partial charge is 0.324 e. The number of hydrogen-bond acceptors (Lipinski definition) is 4. The maximum atomic E-state index is 11.4. The molecule has 0 aliphatic carbocycles. The molecule has 17 heavy (non-hydrogen) atoms. The Balaban J connectivity index is 3.12. The van der Waals surface area contributed by atoms with E-state index in [2.05, 4.69) is 5.32 Å². The van der Waals surface area contributed by atoms with Crippen molar-refractivity contribution in [2.24, 2.45) is 10.9 Å². The highest BCUT2D eigenvalue weighted by Crippen LogP contribution is 2.19. The van der Waals surface area contributed by atoms with Crippen molar-refractivity contribution in [2.45, 2.75) is 24.8 Å². The first-order valence-electron chi connectivity index (χ1n) is 4.91. The molecule has 5 N–H and O–H groups in total. The molecule has 1 atom stereocenters. The summed E-state index contributed by atoms with van der Waals surface area (Å²) in [5.74, 6) is -0.389. The molecule has 0 bridgehead atoms. The Hall–Kier alpha value is -1.44. The van der Waals surface area contributed by atoms with Crippen LogP contribution in [0.25, 0.3) is 0 Å². The van der Waals surface area contributed by atoms with Gasteiger partial charge >= 0.3 is 0 Å². The monoisotopic (exact) mass is 257 g/mol. The molecule has 0 aliphatic heterocycles. The number of hydrogen-bond donors (Lipinski definition) is 3. The summed E-state index contributed by atoms with van der Waals surface area (Å²) >= 11 is 0. The third-order valence-electron chi connectivity index (χ3n) is 2.21. The third kappa shape index (κ3) is 3.52. The van der Waals surface area contributed by atoms with Crippen molar-refractivity contribution in [2.75, 3.05) is 5.32 Å². The van der Waals surface area contributed by atoms with E-state index in [1.807, 2.05) is 0 Å². The maximum absolute atomic E-state index is 11.4. The molecule has 0 aliphatic rings. The number of carbonyl (C=O) groups is 1. The van der Waals surface area contributed by atoms with E-state index >= 15 is 0 Å². The van der Waals surface area contributed by atoms with Gasteiger partial charge in [0.1, 0.15) is 0 Å². The average Bonchev–Trinajstić information content (AvgIpc) is 2.19. The normalized spacial score (nSPS) is 13.2. The number of benzene rings is 1. The Morgan fingerprint density at radius 2 is 2.00 bits per heavy atom. The molecule has 1 unspecified atom stereocenters. The lowest BCUT2D eigenvalue weighted by Crippen LogP contribution is -2.32. The smallest absolute Gasteiger partial charge is 0.241 e. The summed E-state index contributed by atoms with van der Waals surface area (Å²) in [6, 6.07) is 3.58. The fourth-order valence-corrected chi connectivity index (χ4v) is 1.70. The van der Waals surface area contributed by atoms with Gasteiger partial charge in [-0.1, -0.05) is 6.07 Å². The van der Waals surface area contributed by atoms with Gasteiger partial charge in [0.25, 0.3) is 0 Å². The number of anilines is 1. The maximum Gasteiger partial charge on any atom is 0.241 e. The zero-order chi connectivity index (χ0) is 13.2. The fraction of sp³-hybridized carbons (Fsp3) is 0.300. The molecule has 6 nitrogen and oxygen atoms in total. The van der Waals surface area contributed by atoms with E-state index in [9.17, 15) is 13.2 Å². The highest BCUT2D eigenvalue weighted by Gasteiger charge is 2.13. The van der Waals surface area contributed by atoms with Crippen molar-refractivity contribution in [3.05, 3.63) is 23.8 Å². The molecular weight excluding hydrogens is 242 g/mol. The molecule has 0 saturated carbocycles. The predicted octanol–water partition coefficient (Wildman–Crippen LogP) is -0.0719. The van der Waals surface area contributed by atoms with Gasteiger partial charge in [0.05, 0.1) is 10.9 Å². The quantitative estimate of drug-likeness (QED) is 0.702. The van der Waals surface area contributed by atoms with Crippen LogP contribution in [-0.2, 0) is 14.8 Å². The zero-order valence-corrected chi connectivity index (χ0v) is 10.4. The van der Waals surface area contributed by atoms with Gasteiger partial charge in [0.2, 0.25) is 15.9 Å². The molecule has 0 fully saturated rings. The lowest BCUT2D eigenvalue weighted by atomic mass is 10.2. The minimum atomic E-state index is -3.78. The van der Waals surface area contributed by atoms with E-state index in [4.69, 9.17) is 10.9 Å². The first-order chi connectivity index (χ1) is 7.71. The summed E-state index contributed by atoms with van der Waals surface area (Å²) in [4.78, 5) is 11.4. The van der Waals surface area contributed by atoms with Gasteiger partial charge < -0.3 is 11.1 Å². The number of sulfonamides is 1. The highest BCUT2D eigenvalue weighted by atomic mass is 32.2. The summed E-state index contributed by atoms with van der Waals surface area (Å²) in [5, 5.41) is 7.54. The van der Waals surface area contributed by atoms with Crippen molar-refractivity contribution in [1.29, 1.82) is 0 Å². The van der Waals surface area contributed by atoms with Crippen LogP contribution in [0.1, 0.15) is 12.5 Å². The zero-order valence-electron chi connectivity index (χ0n) is 9.60. The van der Waals surface area contributed by atoms with Crippen LogP contribution in [0.2, 0.25) is 0 Å². The van der Waals surface area contributed by atoms with Gasteiger partial charge in [-0.05, 0) is 31.5 Å². The van der Waals surface area contributed by atoms with Crippen LogP contribution >= 0.6 is 0 Å². The third-order valence-corrected chi connectivity index (χ3v) is 3.12. The van der Waals surface area contributed by atoms with Crippen LogP contribution in [0, 0.1) is 6.92 Å². The Morgan fingerprint density at radius 3 is 2.47 bits per heavy atom. The molecule has 0 aromatic heterocycles. The Bertz CT molecular complexity index is 538. The lowest BCUT2D eigenvalue weighted by molar-refractivity contribution is -0.117. The van der Waals surface area contributed by atoms with Gasteiger partial charge in [-0.2, -0.15) is 0 Å². The average molecular weight is 257 g/mol. The molecule has 0 radical (unpaired) electrons. The van der Waals surface area contributed by atoms with Crippen molar-refractivity contribution in [3.8, 4) is 0 Å².